The zero-order chi connectivity index (χ0) is 17.3. The van der Waals surface area contributed by atoms with Crippen molar-refractivity contribution in [1.29, 1.82) is 0 Å². The third-order valence-corrected chi connectivity index (χ3v) is 3.85. The van der Waals surface area contributed by atoms with Crippen molar-refractivity contribution in [2.24, 2.45) is 0 Å². The Hall–Kier alpha value is -2.73. The first-order chi connectivity index (χ1) is 11.5. The first kappa shape index (κ1) is 16.1. The zero-order valence-electron chi connectivity index (χ0n) is 12.4. The minimum atomic E-state index is -0.739. The van der Waals surface area contributed by atoms with Gasteiger partial charge in [-0.3, -0.25) is 19.3 Å². The molecule has 0 aromatic heterocycles. The van der Waals surface area contributed by atoms with Crippen LogP contribution < -0.4 is 5.32 Å². The topological polar surface area (TPSA) is 66.5 Å². The third kappa shape index (κ3) is 3.00. The van der Waals surface area contributed by atoms with Crippen molar-refractivity contribution in [2.75, 3.05) is 11.9 Å². The predicted octanol–water partition coefficient (Wildman–Crippen LogP) is 3.10. The number of imide groups is 1. The van der Waals surface area contributed by atoms with Crippen LogP contribution in [0.15, 0.2) is 42.5 Å². The molecular formula is C17H12ClFN2O3. The van der Waals surface area contributed by atoms with Crippen LogP contribution in [-0.2, 0) is 4.79 Å². The Kier molecular flexibility index (Phi) is 4.31. The van der Waals surface area contributed by atoms with Crippen LogP contribution in [-0.4, -0.2) is 29.2 Å². The molecule has 0 atom stereocenters. The summed E-state index contributed by atoms with van der Waals surface area (Å²) in [4.78, 5) is 37.2. The minimum Gasteiger partial charge on any atom is -0.326 e. The first-order valence-corrected chi connectivity index (χ1v) is 7.55. The molecular weight excluding hydrogens is 335 g/mol. The van der Waals surface area contributed by atoms with Gasteiger partial charge in [0.25, 0.3) is 11.8 Å². The van der Waals surface area contributed by atoms with E-state index >= 15 is 0 Å². The third-order valence-electron chi connectivity index (χ3n) is 3.62. The fourth-order valence-electron chi connectivity index (χ4n) is 2.50. The van der Waals surface area contributed by atoms with Crippen molar-refractivity contribution in [3.8, 4) is 0 Å². The molecule has 0 bridgehead atoms. The van der Waals surface area contributed by atoms with E-state index in [-0.39, 0.29) is 30.0 Å². The van der Waals surface area contributed by atoms with Crippen LogP contribution in [0.4, 0.5) is 10.1 Å². The van der Waals surface area contributed by atoms with Crippen molar-refractivity contribution >= 4 is 35.0 Å². The molecule has 3 rings (SSSR count). The first-order valence-electron chi connectivity index (χ1n) is 7.17. The van der Waals surface area contributed by atoms with Gasteiger partial charge < -0.3 is 5.32 Å². The molecule has 1 aliphatic rings. The Labute approximate surface area is 142 Å². The molecule has 0 fully saturated rings. The van der Waals surface area contributed by atoms with Crippen molar-refractivity contribution in [3.05, 3.63) is 64.4 Å². The summed E-state index contributed by atoms with van der Waals surface area (Å²) in [7, 11) is 0. The van der Waals surface area contributed by atoms with Gasteiger partial charge in [-0.15, -0.1) is 0 Å². The van der Waals surface area contributed by atoms with Crippen LogP contribution in [0.5, 0.6) is 0 Å². The van der Waals surface area contributed by atoms with Gasteiger partial charge in [0.05, 0.1) is 11.1 Å². The van der Waals surface area contributed by atoms with Crippen molar-refractivity contribution in [2.45, 2.75) is 6.42 Å². The number of hydrogen-bond donors (Lipinski definition) is 1. The Balaban J connectivity index is 1.65. The molecule has 0 unspecified atom stereocenters. The number of hydrogen-bond acceptors (Lipinski definition) is 3. The average Bonchev–Trinajstić information content (AvgIpc) is 2.78. The smallest absolute Gasteiger partial charge is 0.264 e. The summed E-state index contributed by atoms with van der Waals surface area (Å²) in [5.41, 5.74) is 0.300. The summed E-state index contributed by atoms with van der Waals surface area (Å²) in [6.07, 6.45) is -0.0976. The molecule has 1 aliphatic heterocycles. The molecule has 0 aliphatic carbocycles. The summed E-state index contributed by atoms with van der Waals surface area (Å²) in [5.74, 6) is -2.43. The van der Waals surface area contributed by atoms with Gasteiger partial charge in [-0.05, 0) is 30.3 Å². The maximum atomic E-state index is 13.7. The van der Waals surface area contributed by atoms with E-state index in [1.54, 1.807) is 24.3 Å². The van der Waals surface area contributed by atoms with Gasteiger partial charge in [-0.25, -0.2) is 4.39 Å². The lowest BCUT2D eigenvalue weighted by atomic mass is 10.1. The van der Waals surface area contributed by atoms with E-state index in [0.29, 0.717) is 10.7 Å². The largest absolute Gasteiger partial charge is 0.326 e. The number of amides is 3. The standard InChI is InChI=1S/C17H12ClFN2O3/c18-10-3-1-4-11(9-10)20-14(22)7-8-21-16(23)12-5-2-6-13(19)15(12)17(21)24/h1-6,9H,7-8H2,(H,20,22). The number of fused-ring (bicyclic) bond motifs is 1. The highest BCUT2D eigenvalue weighted by molar-refractivity contribution is 6.30. The van der Waals surface area contributed by atoms with E-state index in [4.69, 9.17) is 11.6 Å². The second kappa shape index (κ2) is 6.41. The summed E-state index contributed by atoms with van der Waals surface area (Å²) in [5, 5.41) is 3.10. The lowest BCUT2D eigenvalue weighted by Gasteiger charge is -2.13. The Morgan fingerprint density at radius 1 is 1.12 bits per heavy atom. The normalized spacial score (nSPS) is 13.2. The second-order valence-corrected chi connectivity index (χ2v) is 5.67. The van der Waals surface area contributed by atoms with Crippen molar-refractivity contribution in [3.63, 3.8) is 0 Å². The van der Waals surface area contributed by atoms with Crippen LogP contribution in [0, 0.1) is 5.82 Å². The summed E-state index contributed by atoms with van der Waals surface area (Å²) in [6.45, 7) is -0.127. The van der Waals surface area contributed by atoms with E-state index in [2.05, 4.69) is 5.32 Å². The Bertz CT molecular complexity index is 853. The SMILES string of the molecule is O=C(CCN1C(=O)c2cccc(F)c2C1=O)Nc1cccc(Cl)c1. The molecule has 1 N–H and O–H groups in total. The molecule has 7 heteroatoms. The number of anilines is 1. The molecule has 0 saturated heterocycles. The molecule has 122 valence electrons. The van der Waals surface area contributed by atoms with E-state index in [9.17, 15) is 18.8 Å². The van der Waals surface area contributed by atoms with Crippen LogP contribution in [0.1, 0.15) is 27.1 Å². The van der Waals surface area contributed by atoms with E-state index < -0.39 is 17.6 Å². The number of nitrogens with zero attached hydrogens (tertiary/aromatic N) is 1. The molecule has 1 heterocycles. The predicted molar refractivity (Wildman–Crippen MR) is 86.5 cm³/mol. The van der Waals surface area contributed by atoms with Crippen molar-refractivity contribution in [1.82, 2.24) is 4.90 Å². The lowest BCUT2D eigenvalue weighted by molar-refractivity contribution is -0.116. The van der Waals surface area contributed by atoms with Gasteiger partial charge >= 0.3 is 0 Å². The highest BCUT2D eigenvalue weighted by atomic mass is 35.5. The Morgan fingerprint density at radius 2 is 1.88 bits per heavy atom. The van der Waals surface area contributed by atoms with Gasteiger partial charge in [-0.2, -0.15) is 0 Å². The van der Waals surface area contributed by atoms with Gasteiger partial charge in [0.15, 0.2) is 0 Å². The van der Waals surface area contributed by atoms with Crippen LogP contribution in [0.25, 0.3) is 0 Å². The number of benzene rings is 2. The maximum absolute atomic E-state index is 13.7. The van der Waals surface area contributed by atoms with Gasteiger partial charge in [0, 0.05) is 23.7 Å². The number of halogens is 2. The molecule has 0 saturated carbocycles. The molecule has 2 aromatic carbocycles. The highest BCUT2D eigenvalue weighted by Crippen LogP contribution is 2.25. The summed E-state index contributed by atoms with van der Waals surface area (Å²) < 4.78 is 13.7. The van der Waals surface area contributed by atoms with Gasteiger partial charge in [0.1, 0.15) is 5.82 Å². The molecule has 3 amide bonds. The quantitative estimate of drug-likeness (QED) is 0.865. The van der Waals surface area contributed by atoms with Crippen LogP contribution >= 0.6 is 11.6 Å². The average molecular weight is 347 g/mol. The summed E-state index contributed by atoms with van der Waals surface area (Å²) >= 11 is 5.83. The summed E-state index contributed by atoms with van der Waals surface area (Å²) in [6, 6.07) is 10.5. The fraction of sp³-hybridized carbons (Fsp3) is 0.118. The number of rotatable bonds is 4. The molecule has 0 radical (unpaired) electrons. The second-order valence-electron chi connectivity index (χ2n) is 5.23. The van der Waals surface area contributed by atoms with Gasteiger partial charge in [-0.1, -0.05) is 23.7 Å². The van der Waals surface area contributed by atoms with Crippen LogP contribution in [0.2, 0.25) is 5.02 Å². The van der Waals surface area contributed by atoms with E-state index in [1.165, 1.54) is 12.1 Å². The number of carbonyl (C=O) groups excluding carboxylic acids is 3. The fourth-order valence-corrected chi connectivity index (χ4v) is 2.69. The van der Waals surface area contributed by atoms with Crippen molar-refractivity contribution < 1.29 is 18.8 Å². The Morgan fingerprint density at radius 3 is 2.58 bits per heavy atom. The monoisotopic (exact) mass is 346 g/mol. The zero-order valence-corrected chi connectivity index (χ0v) is 13.1. The molecule has 5 nitrogen and oxygen atoms in total. The number of carbonyl (C=O) groups is 3. The van der Waals surface area contributed by atoms with Crippen LogP contribution in [0.3, 0.4) is 0 Å². The van der Waals surface area contributed by atoms with E-state index in [1.807, 2.05) is 0 Å². The lowest BCUT2D eigenvalue weighted by Crippen LogP contribution is -2.33. The molecule has 24 heavy (non-hydrogen) atoms. The molecule has 2 aromatic rings. The van der Waals surface area contributed by atoms with Gasteiger partial charge in [0.2, 0.25) is 5.91 Å². The minimum absolute atomic E-state index is 0.0234. The van der Waals surface area contributed by atoms with E-state index in [0.717, 1.165) is 11.0 Å². The highest BCUT2D eigenvalue weighted by Gasteiger charge is 2.37. The molecule has 0 spiro atoms. The maximum Gasteiger partial charge on any atom is 0.264 e. The number of nitrogens with one attached hydrogen (secondary N) is 1.